The van der Waals surface area contributed by atoms with Gasteiger partial charge >= 0.3 is 0 Å². The van der Waals surface area contributed by atoms with Crippen LogP contribution in [0.3, 0.4) is 0 Å². The summed E-state index contributed by atoms with van der Waals surface area (Å²) >= 11 is 0. The number of aromatic nitrogens is 6. The molecule has 0 aliphatic heterocycles. The van der Waals surface area contributed by atoms with Gasteiger partial charge in [0.25, 0.3) is 5.95 Å². The van der Waals surface area contributed by atoms with Gasteiger partial charge in [0.1, 0.15) is 12.7 Å². The third-order valence-electron chi connectivity index (χ3n) is 3.45. The first-order chi connectivity index (χ1) is 9.60. The van der Waals surface area contributed by atoms with Gasteiger partial charge in [-0.3, -0.25) is 0 Å². The van der Waals surface area contributed by atoms with E-state index in [0.717, 1.165) is 12.8 Å². The zero-order valence-corrected chi connectivity index (χ0v) is 12.3. The van der Waals surface area contributed by atoms with Gasteiger partial charge in [0.05, 0.1) is 0 Å². The van der Waals surface area contributed by atoms with Gasteiger partial charge in [-0.2, -0.15) is 24.7 Å². The standard InChI is InChI=1S/C12H20N8/c1-5-12(3,6-2)19-10-16-9(13-4)17-11(18-10)20-8-14-7-15-20/h7-8H,5-6H2,1-4H3,(H2,13,16,17,18,19). The summed E-state index contributed by atoms with van der Waals surface area (Å²) in [6.07, 6.45) is 4.95. The second-order valence-electron chi connectivity index (χ2n) is 4.77. The molecular formula is C12H20N8. The molecule has 8 heteroatoms. The molecule has 0 atom stereocenters. The first-order valence-electron chi connectivity index (χ1n) is 6.67. The summed E-state index contributed by atoms with van der Waals surface area (Å²) in [5.41, 5.74) is -0.0496. The maximum absolute atomic E-state index is 4.39. The van der Waals surface area contributed by atoms with Gasteiger partial charge in [-0.05, 0) is 19.8 Å². The van der Waals surface area contributed by atoms with Crippen LogP contribution >= 0.6 is 0 Å². The van der Waals surface area contributed by atoms with Crippen molar-refractivity contribution in [2.75, 3.05) is 17.7 Å². The zero-order chi connectivity index (χ0) is 14.6. The number of rotatable bonds is 6. The lowest BCUT2D eigenvalue weighted by molar-refractivity contribution is 0.474. The van der Waals surface area contributed by atoms with E-state index in [9.17, 15) is 0 Å². The zero-order valence-electron chi connectivity index (χ0n) is 12.3. The molecule has 0 aliphatic carbocycles. The number of anilines is 2. The van der Waals surface area contributed by atoms with Crippen LogP contribution in [0.15, 0.2) is 12.7 Å². The van der Waals surface area contributed by atoms with Crippen LogP contribution in [0.5, 0.6) is 0 Å². The molecule has 20 heavy (non-hydrogen) atoms. The Morgan fingerprint density at radius 3 is 2.40 bits per heavy atom. The maximum Gasteiger partial charge on any atom is 0.258 e. The molecule has 0 unspecified atom stereocenters. The minimum Gasteiger partial charge on any atom is -0.357 e. The maximum atomic E-state index is 4.39. The van der Waals surface area contributed by atoms with E-state index in [1.807, 2.05) is 0 Å². The Hall–Kier alpha value is -2.25. The lowest BCUT2D eigenvalue weighted by Gasteiger charge is -2.28. The first kappa shape index (κ1) is 14.2. The number of hydrogen-bond donors (Lipinski definition) is 2. The molecule has 0 aliphatic rings. The molecule has 0 aromatic carbocycles. The van der Waals surface area contributed by atoms with Crippen molar-refractivity contribution >= 4 is 11.9 Å². The fraction of sp³-hybridized carbons (Fsp3) is 0.583. The van der Waals surface area contributed by atoms with E-state index in [0.29, 0.717) is 17.8 Å². The van der Waals surface area contributed by atoms with Gasteiger partial charge in [-0.1, -0.05) is 13.8 Å². The molecular weight excluding hydrogens is 256 g/mol. The molecule has 2 aromatic heterocycles. The molecule has 2 rings (SSSR count). The predicted molar refractivity (Wildman–Crippen MR) is 76.9 cm³/mol. The van der Waals surface area contributed by atoms with Gasteiger partial charge in [0, 0.05) is 12.6 Å². The molecule has 108 valence electrons. The van der Waals surface area contributed by atoms with Gasteiger partial charge in [-0.15, -0.1) is 0 Å². The van der Waals surface area contributed by atoms with Crippen molar-refractivity contribution < 1.29 is 0 Å². The highest BCUT2D eigenvalue weighted by Crippen LogP contribution is 2.20. The van der Waals surface area contributed by atoms with Gasteiger partial charge in [-0.25, -0.2) is 4.98 Å². The van der Waals surface area contributed by atoms with E-state index in [1.165, 1.54) is 11.0 Å². The van der Waals surface area contributed by atoms with E-state index < -0.39 is 0 Å². The van der Waals surface area contributed by atoms with Gasteiger partial charge < -0.3 is 10.6 Å². The van der Waals surface area contributed by atoms with Crippen LogP contribution in [-0.4, -0.2) is 42.3 Å². The monoisotopic (exact) mass is 276 g/mol. The highest BCUT2D eigenvalue weighted by atomic mass is 15.4. The molecule has 0 saturated carbocycles. The Bertz CT molecular complexity index is 547. The summed E-state index contributed by atoms with van der Waals surface area (Å²) in [6.45, 7) is 6.41. The molecule has 2 N–H and O–H groups in total. The molecule has 0 radical (unpaired) electrons. The molecule has 0 fully saturated rings. The SMILES string of the molecule is CCC(C)(CC)Nc1nc(NC)nc(-n2cncn2)n1. The summed E-state index contributed by atoms with van der Waals surface area (Å²) < 4.78 is 1.50. The molecule has 0 bridgehead atoms. The molecule has 8 nitrogen and oxygen atoms in total. The Balaban J connectivity index is 2.36. The Kier molecular flexibility index (Phi) is 4.11. The van der Waals surface area contributed by atoms with Crippen molar-refractivity contribution in [3.63, 3.8) is 0 Å². The average Bonchev–Trinajstić information content (AvgIpc) is 3.01. The summed E-state index contributed by atoms with van der Waals surface area (Å²) in [4.78, 5) is 16.9. The molecule has 2 aromatic rings. The molecule has 2 heterocycles. The summed E-state index contributed by atoms with van der Waals surface area (Å²) in [6, 6.07) is 0. The lowest BCUT2D eigenvalue weighted by Crippen LogP contribution is -2.34. The van der Waals surface area contributed by atoms with Crippen molar-refractivity contribution in [2.45, 2.75) is 39.2 Å². The average molecular weight is 276 g/mol. The van der Waals surface area contributed by atoms with Crippen LogP contribution in [0.25, 0.3) is 5.95 Å². The quantitative estimate of drug-likeness (QED) is 0.825. The molecule has 0 saturated heterocycles. The van der Waals surface area contributed by atoms with E-state index >= 15 is 0 Å². The van der Waals surface area contributed by atoms with Gasteiger partial charge in [0.15, 0.2) is 0 Å². The van der Waals surface area contributed by atoms with Crippen LogP contribution in [0.2, 0.25) is 0 Å². The Labute approximate surface area is 118 Å². The van der Waals surface area contributed by atoms with Crippen molar-refractivity contribution in [3.8, 4) is 5.95 Å². The van der Waals surface area contributed by atoms with Crippen LogP contribution in [0.1, 0.15) is 33.6 Å². The van der Waals surface area contributed by atoms with Crippen molar-refractivity contribution in [2.24, 2.45) is 0 Å². The predicted octanol–water partition coefficient (Wildman–Crippen LogP) is 1.48. The number of hydrogen-bond acceptors (Lipinski definition) is 7. The smallest absolute Gasteiger partial charge is 0.258 e. The van der Waals surface area contributed by atoms with Crippen LogP contribution in [0, 0.1) is 0 Å². The Morgan fingerprint density at radius 1 is 1.15 bits per heavy atom. The highest BCUT2D eigenvalue weighted by Gasteiger charge is 2.21. The van der Waals surface area contributed by atoms with Crippen molar-refractivity contribution in [3.05, 3.63) is 12.7 Å². The number of nitrogens with one attached hydrogen (secondary N) is 2. The minimum absolute atomic E-state index is 0.0496. The van der Waals surface area contributed by atoms with Crippen LogP contribution in [0.4, 0.5) is 11.9 Å². The third-order valence-corrected chi connectivity index (χ3v) is 3.45. The first-order valence-corrected chi connectivity index (χ1v) is 6.67. The van der Waals surface area contributed by atoms with Crippen LogP contribution in [-0.2, 0) is 0 Å². The lowest BCUT2D eigenvalue weighted by atomic mass is 9.96. The fourth-order valence-corrected chi connectivity index (χ4v) is 1.64. The van der Waals surface area contributed by atoms with E-state index in [1.54, 1.807) is 13.4 Å². The minimum atomic E-state index is -0.0496. The normalized spacial score (nSPS) is 11.4. The second kappa shape index (κ2) is 5.81. The summed E-state index contributed by atoms with van der Waals surface area (Å²) in [7, 11) is 1.77. The van der Waals surface area contributed by atoms with E-state index in [4.69, 9.17) is 0 Å². The highest BCUT2D eigenvalue weighted by molar-refractivity contribution is 5.39. The van der Waals surface area contributed by atoms with E-state index in [2.05, 4.69) is 56.4 Å². The van der Waals surface area contributed by atoms with Crippen molar-refractivity contribution in [1.29, 1.82) is 0 Å². The van der Waals surface area contributed by atoms with Crippen LogP contribution < -0.4 is 10.6 Å². The fourth-order valence-electron chi connectivity index (χ4n) is 1.64. The Morgan fingerprint density at radius 2 is 1.85 bits per heavy atom. The largest absolute Gasteiger partial charge is 0.357 e. The molecule has 0 amide bonds. The van der Waals surface area contributed by atoms with E-state index in [-0.39, 0.29) is 5.54 Å². The summed E-state index contributed by atoms with van der Waals surface area (Å²) in [5.74, 6) is 1.45. The second-order valence-corrected chi connectivity index (χ2v) is 4.77. The summed E-state index contributed by atoms with van der Waals surface area (Å²) in [5, 5.41) is 10.3. The number of nitrogens with zero attached hydrogens (tertiary/aromatic N) is 6. The van der Waals surface area contributed by atoms with Crippen molar-refractivity contribution in [1.82, 2.24) is 29.7 Å². The van der Waals surface area contributed by atoms with Gasteiger partial charge in [0.2, 0.25) is 11.9 Å². The molecule has 0 spiro atoms. The topological polar surface area (TPSA) is 93.4 Å². The third kappa shape index (κ3) is 3.01.